The molecular formula is C13H19NO3S. The van der Waals surface area contributed by atoms with E-state index in [0.717, 1.165) is 19.4 Å². The average Bonchev–Trinajstić information content (AvgIpc) is 3.06. The van der Waals surface area contributed by atoms with Gasteiger partial charge in [0.2, 0.25) is 0 Å². The number of ether oxygens (including phenoxy) is 1. The minimum absolute atomic E-state index is 0.320. The standard InChI is InChI=1S/C13H19NO3S/c1-13(16,12(15)17-2)9-14(11-3-4-11)7-10-5-6-18-8-10/h5-6,8,11,16H,3-4,7,9H2,1-2H3. The summed E-state index contributed by atoms with van der Waals surface area (Å²) < 4.78 is 4.64. The molecule has 1 aliphatic carbocycles. The topological polar surface area (TPSA) is 49.8 Å². The molecule has 1 aromatic heterocycles. The molecule has 0 radical (unpaired) electrons. The van der Waals surface area contributed by atoms with Gasteiger partial charge in [0.05, 0.1) is 7.11 Å². The Morgan fingerprint density at radius 1 is 1.67 bits per heavy atom. The normalized spacial score (nSPS) is 18.7. The van der Waals surface area contributed by atoms with Crippen LogP contribution in [0, 0.1) is 0 Å². The van der Waals surface area contributed by atoms with Gasteiger partial charge in [-0.2, -0.15) is 11.3 Å². The smallest absolute Gasteiger partial charge is 0.338 e. The lowest BCUT2D eigenvalue weighted by Crippen LogP contribution is -2.47. The molecule has 1 aliphatic rings. The van der Waals surface area contributed by atoms with Gasteiger partial charge in [-0.05, 0) is 42.2 Å². The molecule has 1 N–H and O–H groups in total. The molecule has 1 atom stereocenters. The van der Waals surface area contributed by atoms with Gasteiger partial charge in [0, 0.05) is 19.1 Å². The molecule has 1 aromatic rings. The highest BCUT2D eigenvalue weighted by atomic mass is 32.1. The van der Waals surface area contributed by atoms with Crippen molar-refractivity contribution in [1.82, 2.24) is 4.90 Å². The quantitative estimate of drug-likeness (QED) is 0.798. The largest absolute Gasteiger partial charge is 0.467 e. The van der Waals surface area contributed by atoms with E-state index in [9.17, 15) is 9.90 Å². The highest BCUT2D eigenvalue weighted by Gasteiger charge is 2.38. The van der Waals surface area contributed by atoms with Crippen LogP contribution in [0.15, 0.2) is 16.8 Å². The van der Waals surface area contributed by atoms with E-state index < -0.39 is 11.6 Å². The van der Waals surface area contributed by atoms with E-state index in [2.05, 4.69) is 21.1 Å². The Labute approximate surface area is 111 Å². The Bertz CT molecular complexity index is 398. The number of thiophene rings is 1. The molecule has 0 bridgehead atoms. The summed E-state index contributed by atoms with van der Waals surface area (Å²) in [5.41, 5.74) is -0.208. The van der Waals surface area contributed by atoms with Gasteiger partial charge in [-0.3, -0.25) is 4.90 Å². The van der Waals surface area contributed by atoms with Crippen LogP contribution in [-0.4, -0.2) is 41.3 Å². The Kier molecular flexibility index (Phi) is 4.04. The molecule has 18 heavy (non-hydrogen) atoms. The van der Waals surface area contributed by atoms with Crippen molar-refractivity contribution in [3.8, 4) is 0 Å². The molecule has 0 spiro atoms. The Morgan fingerprint density at radius 2 is 2.39 bits per heavy atom. The van der Waals surface area contributed by atoms with Crippen molar-refractivity contribution in [2.45, 2.75) is 38.0 Å². The molecule has 100 valence electrons. The minimum Gasteiger partial charge on any atom is -0.467 e. The zero-order chi connectivity index (χ0) is 13.2. The van der Waals surface area contributed by atoms with Crippen LogP contribution in [0.2, 0.25) is 0 Å². The maximum absolute atomic E-state index is 11.5. The zero-order valence-electron chi connectivity index (χ0n) is 10.8. The second-order valence-corrected chi connectivity index (χ2v) is 5.81. The van der Waals surface area contributed by atoms with Gasteiger partial charge in [-0.15, -0.1) is 0 Å². The molecule has 1 saturated carbocycles. The van der Waals surface area contributed by atoms with Crippen LogP contribution >= 0.6 is 11.3 Å². The number of esters is 1. The number of nitrogens with zero attached hydrogens (tertiary/aromatic N) is 1. The molecule has 1 fully saturated rings. The number of carbonyl (C=O) groups excluding carboxylic acids is 1. The summed E-state index contributed by atoms with van der Waals surface area (Å²) in [4.78, 5) is 13.7. The lowest BCUT2D eigenvalue weighted by Gasteiger charge is -2.29. The van der Waals surface area contributed by atoms with Crippen molar-refractivity contribution < 1.29 is 14.6 Å². The first-order valence-corrected chi connectivity index (χ1v) is 7.03. The van der Waals surface area contributed by atoms with Crippen molar-refractivity contribution >= 4 is 17.3 Å². The van der Waals surface area contributed by atoms with Crippen molar-refractivity contribution in [2.75, 3.05) is 13.7 Å². The van der Waals surface area contributed by atoms with E-state index in [1.165, 1.54) is 19.6 Å². The van der Waals surface area contributed by atoms with Gasteiger partial charge in [-0.25, -0.2) is 4.79 Å². The second kappa shape index (κ2) is 5.38. The fourth-order valence-corrected chi connectivity index (χ4v) is 2.71. The molecule has 0 amide bonds. The number of carbonyl (C=O) groups is 1. The summed E-state index contributed by atoms with van der Waals surface area (Å²) >= 11 is 1.66. The first-order chi connectivity index (χ1) is 8.53. The molecule has 0 saturated heterocycles. The van der Waals surface area contributed by atoms with Gasteiger partial charge in [0.1, 0.15) is 0 Å². The molecule has 0 aromatic carbocycles. The Balaban J connectivity index is 2.00. The number of hydrogen-bond acceptors (Lipinski definition) is 5. The van der Waals surface area contributed by atoms with Gasteiger partial charge in [0.15, 0.2) is 5.60 Å². The summed E-state index contributed by atoms with van der Waals surface area (Å²) in [6.45, 7) is 2.61. The van der Waals surface area contributed by atoms with E-state index in [4.69, 9.17) is 0 Å². The third-order valence-corrected chi connectivity index (χ3v) is 3.90. The van der Waals surface area contributed by atoms with Crippen molar-refractivity contribution in [3.63, 3.8) is 0 Å². The predicted octanol–water partition coefficient (Wildman–Crippen LogP) is 1.64. The fourth-order valence-electron chi connectivity index (χ4n) is 2.05. The van der Waals surface area contributed by atoms with E-state index in [1.807, 2.05) is 5.38 Å². The molecular weight excluding hydrogens is 250 g/mol. The van der Waals surface area contributed by atoms with Gasteiger partial charge in [-0.1, -0.05) is 0 Å². The molecule has 0 aliphatic heterocycles. The van der Waals surface area contributed by atoms with Crippen LogP contribution in [0.3, 0.4) is 0 Å². The van der Waals surface area contributed by atoms with Crippen LogP contribution in [-0.2, 0) is 16.1 Å². The molecule has 2 rings (SSSR count). The van der Waals surface area contributed by atoms with Crippen LogP contribution in [0.4, 0.5) is 0 Å². The van der Waals surface area contributed by atoms with E-state index in [1.54, 1.807) is 11.3 Å². The maximum Gasteiger partial charge on any atom is 0.338 e. The SMILES string of the molecule is COC(=O)C(C)(O)CN(Cc1ccsc1)C1CC1. The molecule has 5 heteroatoms. The summed E-state index contributed by atoms with van der Waals surface area (Å²) in [7, 11) is 1.30. The zero-order valence-corrected chi connectivity index (χ0v) is 11.6. The van der Waals surface area contributed by atoms with E-state index in [0.29, 0.717) is 12.6 Å². The summed E-state index contributed by atoms with van der Waals surface area (Å²) in [6.07, 6.45) is 2.28. The van der Waals surface area contributed by atoms with Crippen LogP contribution in [0.1, 0.15) is 25.3 Å². The third-order valence-electron chi connectivity index (χ3n) is 3.17. The summed E-state index contributed by atoms with van der Waals surface area (Å²) in [5, 5.41) is 14.3. The van der Waals surface area contributed by atoms with Crippen LogP contribution in [0.5, 0.6) is 0 Å². The first-order valence-electron chi connectivity index (χ1n) is 6.09. The number of rotatable bonds is 6. The first kappa shape index (κ1) is 13.5. The van der Waals surface area contributed by atoms with E-state index >= 15 is 0 Å². The summed E-state index contributed by atoms with van der Waals surface area (Å²) in [5.74, 6) is -0.571. The summed E-state index contributed by atoms with van der Waals surface area (Å²) in [6, 6.07) is 2.56. The molecule has 1 heterocycles. The van der Waals surface area contributed by atoms with Crippen molar-refractivity contribution in [1.29, 1.82) is 0 Å². The second-order valence-electron chi connectivity index (χ2n) is 5.03. The third kappa shape index (κ3) is 3.31. The van der Waals surface area contributed by atoms with Gasteiger partial charge >= 0.3 is 5.97 Å². The highest BCUT2D eigenvalue weighted by molar-refractivity contribution is 7.07. The number of methoxy groups -OCH3 is 1. The highest BCUT2D eigenvalue weighted by Crippen LogP contribution is 2.30. The lowest BCUT2D eigenvalue weighted by molar-refractivity contribution is -0.162. The van der Waals surface area contributed by atoms with Crippen LogP contribution in [0.25, 0.3) is 0 Å². The van der Waals surface area contributed by atoms with Crippen LogP contribution < -0.4 is 0 Å². The van der Waals surface area contributed by atoms with Crippen molar-refractivity contribution in [3.05, 3.63) is 22.4 Å². The molecule has 1 unspecified atom stereocenters. The lowest BCUT2D eigenvalue weighted by atomic mass is 10.1. The predicted molar refractivity (Wildman–Crippen MR) is 70.4 cm³/mol. The number of hydrogen-bond donors (Lipinski definition) is 1. The minimum atomic E-state index is -1.44. The van der Waals surface area contributed by atoms with E-state index in [-0.39, 0.29) is 0 Å². The Hall–Kier alpha value is -0.910. The fraction of sp³-hybridized carbons (Fsp3) is 0.615. The molecule has 4 nitrogen and oxygen atoms in total. The van der Waals surface area contributed by atoms with Gasteiger partial charge in [0.25, 0.3) is 0 Å². The maximum atomic E-state index is 11.5. The number of aliphatic hydroxyl groups is 1. The average molecular weight is 269 g/mol. The monoisotopic (exact) mass is 269 g/mol. The Morgan fingerprint density at radius 3 is 2.89 bits per heavy atom. The van der Waals surface area contributed by atoms with Crippen molar-refractivity contribution in [2.24, 2.45) is 0 Å². The van der Waals surface area contributed by atoms with Gasteiger partial charge < -0.3 is 9.84 Å².